The minimum absolute atomic E-state index is 0.0464. The zero-order valence-electron chi connectivity index (χ0n) is 18.7. The van der Waals surface area contributed by atoms with E-state index in [9.17, 15) is 9.59 Å². The van der Waals surface area contributed by atoms with E-state index in [1.54, 1.807) is 0 Å². The highest BCUT2D eigenvalue weighted by Gasteiger charge is 2.30. The summed E-state index contributed by atoms with van der Waals surface area (Å²) in [5.41, 5.74) is 6.06. The Hall–Kier alpha value is -3.60. The molecule has 5 rings (SSSR count). The SMILES string of the molecule is O=C(NCCc1ccccc1)c1cc(NC(=O)C2CC2)ccc1N1CCc2ccccc2C1. The number of hydrogen-bond acceptors (Lipinski definition) is 3. The molecule has 0 bridgehead atoms. The summed E-state index contributed by atoms with van der Waals surface area (Å²) in [5, 5.41) is 6.07. The Kier molecular flexibility index (Phi) is 6.11. The molecule has 168 valence electrons. The molecule has 3 aromatic carbocycles. The van der Waals surface area contributed by atoms with Crippen molar-refractivity contribution in [1.29, 1.82) is 0 Å². The number of benzene rings is 3. The van der Waals surface area contributed by atoms with Crippen LogP contribution in [0, 0.1) is 5.92 Å². The number of amides is 2. The number of carbonyl (C=O) groups is 2. The van der Waals surface area contributed by atoms with E-state index < -0.39 is 0 Å². The average Bonchev–Trinajstić information content (AvgIpc) is 3.70. The van der Waals surface area contributed by atoms with Crippen LogP contribution in [-0.4, -0.2) is 24.9 Å². The Morgan fingerprint density at radius 2 is 1.67 bits per heavy atom. The van der Waals surface area contributed by atoms with Gasteiger partial charge in [-0.2, -0.15) is 0 Å². The van der Waals surface area contributed by atoms with Gasteiger partial charge in [-0.1, -0.05) is 54.6 Å². The number of nitrogens with one attached hydrogen (secondary N) is 2. The highest BCUT2D eigenvalue weighted by Crippen LogP contribution is 2.32. The molecule has 0 radical (unpaired) electrons. The Morgan fingerprint density at radius 1 is 0.909 bits per heavy atom. The molecule has 0 aromatic heterocycles. The van der Waals surface area contributed by atoms with Gasteiger partial charge < -0.3 is 15.5 Å². The fourth-order valence-electron chi connectivity index (χ4n) is 4.42. The smallest absolute Gasteiger partial charge is 0.253 e. The second kappa shape index (κ2) is 9.49. The lowest BCUT2D eigenvalue weighted by molar-refractivity contribution is -0.117. The maximum absolute atomic E-state index is 13.3. The summed E-state index contributed by atoms with van der Waals surface area (Å²) in [4.78, 5) is 27.8. The van der Waals surface area contributed by atoms with Crippen LogP contribution in [-0.2, 0) is 24.2 Å². The molecule has 1 heterocycles. The zero-order valence-corrected chi connectivity index (χ0v) is 18.7. The van der Waals surface area contributed by atoms with Crippen molar-refractivity contribution in [2.24, 2.45) is 5.92 Å². The average molecular weight is 440 g/mol. The quantitative estimate of drug-likeness (QED) is 0.567. The third-order valence-electron chi connectivity index (χ3n) is 6.47. The number of rotatable bonds is 7. The number of hydrogen-bond donors (Lipinski definition) is 2. The van der Waals surface area contributed by atoms with Crippen LogP contribution in [0.15, 0.2) is 72.8 Å². The Labute approximate surface area is 194 Å². The molecule has 33 heavy (non-hydrogen) atoms. The van der Waals surface area contributed by atoms with Crippen LogP contribution in [0.25, 0.3) is 0 Å². The van der Waals surface area contributed by atoms with Crippen LogP contribution in [0.3, 0.4) is 0 Å². The van der Waals surface area contributed by atoms with Crippen molar-refractivity contribution in [1.82, 2.24) is 5.32 Å². The third kappa shape index (κ3) is 5.08. The van der Waals surface area contributed by atoms with Gasteiger partial charge in [0.15, 0.2) is 0 Å². The Balaban J connectivity index is 1.36. The van der Waals surface area contributed by atoms with Crippen molar-refractivity contribution in [3.63, 3.8) is 0 Å². The number of anilines is 2. The number of fused-ring (bicyclic) bond motifs is 1. The Bertz CT molecular complexity index is 1150. The maximum atomic E-state index is 13.3. The van der Waals surface area contributed by atoms with Gasteiger partial charge in [0.1, 0.15) is 0 Å². The summed E-state index contributed by atoms with van der Waals surface area (Å²) in [6.07, 6.45) is 3.62. The number of nitrogens with zero attached hydrogens (tertiary/aromatic N) is 1. The summed E-state index contributed by atoms with van der Waals surface area (Å²) >= 11 is 0. The predicted octanol–water partition coefficient (Wildman–Crippen LogP) is 4.57. The van der Waals surface area contributed by atoms with Gasteiger partial charge in [-0.05, 0) is 60.6 Å². The van der Waals surface area contributed by atoms with Crippen molar-refractivity contribution in [3.8, 4) is 0 Å². The van der Waals surface area contributed by atoms with E-state index in [1.807, 2.05) is 36.4 Å². The molecule has 0 saturated heterocycles. The van der Waals surface area contributed by atoms with Gasteiger partial charge in [0.05, 0.1) is 5.56 Å². The molecule has 0 atom stereocenters. The predicted molar refractivity (Wildman–Crippen MR) is 131 cm³/mol. The molecule has 0 spiro atoms. The molecule has 5 heteroatoms. The monoisotopic (exact) mass is 439 g/mol. The molecule has 2 N–H and O–H groups in total. The van der Waals surface area contributed by atoms with Gasteiger partial charge in [-0.25, -0.2) is 0 Å². The number of carbonyl (C=O) groups excluding carboxylic acids is 2. The van der Waals surface area contributed by atoms with Gasteiger partial charge in [-0.15, -0.1) is 0 Å². The van der Waals surface area contributed by atoms with E-state index in [0.29, 0.717) is 17.8 Å². The second-order valence-electron chi connectivity index (χ2n) is 8.93. The van der Waals surface area contributed by atoms with E-state index in [0.717, 1.165) is 44.5 Å². The van der Waals surface area contributed by atoms with Crippen molar-refractivity contribution in [2.75, 3.05) is 23.3 Å². The normalized spacial score (nSPS) is 15.0. The minimum atomic E-state index is -0.109. The van der Waals surface area contributed by atoms with E-state index in [2.05, 4.69) is 51.9 Å². The fourth-order valence-corrected chi connectivity index (χ4v) is 4.42. The summed E-state index contributed by atoms with van der Waals surface area (Å²) in [5.74, 6) is 0.0545. The van der Waals surface area contributed by atoms with Gasteiger partial charge >= 0.3 is 0 Å². The van der Waals surface area contributed by atoms with E-state index in [4.69, 9.17) is 0 Å². The van der Waals surface area contributed by atoms with Crippen molar-refractivity contribution < 1.29 is 9.59 Å². The molecule has 1 aliphatic heterocycles. The van der Waals surface area contributed by atoms with E-state index >= 15 is 0 Å². The first-order chi connectivity index (χ1) is 16.2. The molecule has 1 aliphatic carbocycles. The van der Waals surface area contributed by atoms with Gasteiger partial charge in [-0.3, -0.25) is 9.59 Å². The van der Waals surface area contributed by atoms with Crippen molar-refractivity contribution in [3.05, 3.63) is 95.1 Å². The first-order valence-electron chi connectivity index (χ1n) is 11.8. The van der Waals surface area contributed by atoms with Crippen LogP contribution in [0.1, 0.15) is 39.9 Å². The van der Waals surface area contributed by atoms with E-state index in [-0.39, 0.29) is 17.7 Å². The van der Waals surface area contributed by atoms with Crippen LogP contribution in [0.2, 0.25) is 0 Å². The summed E-state index contributed by atoms with van der Waals surface area (Å²) in [6, 6.07) is 24.3. The molecule has 1 saturated carbocycles. The Morgan fingerprint density at radius 3 is 2.45 bits per heavy atom. The molecular formula is C28H29N3O2. The third-order valence-corrected chi connectivity index (χ3v) is 6.47. The van der Waals surface area contributed by atoms with Crippen molar-refractivity contribution >= 4 is 23.2 Å². The van der Waals surface area contributed by atoms with Crippen LogP contribution in [0.4, 0.5) is 11.4 Å². The lowest BCUT2D eigenvalue weighted by Crippen LogP contribution is -2.33. The largest absolute Gasteiger partial charge is 0.366 e. The fraction of sp³-hybridized carbons (Fsp3) is 0.286. The molecule has 1 fully saturated rings. The highest BCUT2D eigenvalue weighted by molar-refractivity contribution is 6.02. The van der Waals surface area contributed by atoms with Crippen LogP contribution in [0.5, 0.6) is 0 Å². The maximum Gasteiger partial charge on any atom is 0.253 e. The summed E-state index contributed by atoms with van der Waals surface area (Å²) < 4.78 is 0. The summed E-state index contributed by atoms with van der Waals surface area (Å²) in [6.45, 7) is 2.19. The van der Waals surface area contributed by atoms with Crippen molar-refractivity contribution in [2.45, 2.75) is 32.2 Å². The molecule has 0 unspecified atom stereocenters. The van der Waals surface area contributed by atoms with Gasteiger partial charge in [0.2, 0.25) is 5.91 Å². The van der Waals surface area contributed by atoms with Crippen LogP contribution >= 0.6 is 0 Å². The van der Waals surface area contributed by atoms with Crippen LogP contribution < -0.4 is 15.5 Å². The summed E-state index contributed by atoms with van der Waals surface area (Å²) in [7, 11) is 0. The lowest BCUT2D eigenvalue weighted by atomic mass is 9.98. The zero-order chi connectivity index (χ0) is 22.6. The minimum Gasteiger partial charge on any atom is -0.366 e. The second-order valence-corrected chi connectivity index (χ2v) is 8.93. The molecule has 5 nitrogen and oxygen atoms in total. The van der Waals surface area contributed by atoms with Gasteiger partial charge in [0.25, 0.3) is 5.91 Å². The first-order valence-corrected chi connectivity index (χ1v) is 11.8. The standard InChI is InChI=1S/C28H29N3O2/c32-27(22-10-11-22)30-24-12-13-26(31-17-15-21-8-4-5-9-23(21)19-31)25(18-24)28(33)29-16-14-20-6-2-1-3-7-20/h1-9,12-13,18,22H,10-11,14-17,19H2,(H,29,33)(H,30,32). The topological polar surface area (TPSA) is 61.4 Å². The first kappa shape index (κ1) is 21.3. The lowest BCUT2D eigenvalue weighted by Gasteiger charge is -2.32. The molecule has 2 aliphatic rings. The van der Waals surface area contributed by atoms with Gasteiger partial charge in [0, 0.05) is 36.9 Å². The van der Waals surface area contributed by atoms with E-state index in [1.165, 1.54) is 16.7 Å². The molecule has 2 amide bonds. The molecule has 3 aromatic rings. The molecular weight excluding hydrogens is 410 g/mol. The highest BCUT2D eigenvalue weighted by atomic mass is 16.2.